The Kier molecular flexibility index (Phi) is 11.6. The van der Waals surface area contributed by atoms with Gasteiger partial charge in [0.1, 0.15) is 0 Å². The lowest BCUT2D eigenvalue weighted by Gasteiger charge is -1.97. The second-order valence-electron chi connectivity index (χ2n) is 2.73. The molecule has 0 bridgehead atoms. The van der Waals surface area contributed by atoms with Crippen LogP contribution in [-0.4, -0.2) is 24.5 Å². The molecule has 0 unspecified atom stereocenters. The van der Waals surface area contributed by atoms with Crippen LogP contribution in [0.5, 0.6) is 0 Å². The van der Waals surface area contributed by atoms with Gasteiger partial charge in [-0.3, -0.25) is 4.74 Å². The molecule has 1 aromatic carbocycles. The normalized spacial score (nSPS) is 10.0. The number of benzene rings is 1. The molecule has 1 N–H and O–H groups in total. The predicted molar refractivity (Wildman–Crippen MR) is 67.5 cm³/mol. The molecule has 0 saturated carbocycles. The zero-order chi connectivity index (χ0) is 15.3. The zero-order valence-electron chi connectivity index (χ0n) is 10.9. The predicted octanol–water partition coefficient (Wildman–Crippen LogP) is 3.96. The van der Waals surface area contributed by atoms with Crippen molar-refractivity contribution in [2.45, 2.75) is 20.2 Å². The van der Waals surface area contributed by atoms with Gasteiger partial charge in [-0.15, -0.1) is 13.2 Å². The summed E-state index contributed by atoms with van der Waals surface area (Å²) in [5, 5.41) is 8.29. The highest BCUT2D eigenvalue weighted by atomic mass is 19.4. The van der Waals surface area contributed by atoms with Crippen molar-refractivity contribution in [1.29, 1.82) is 0 Å². The SMILES string of the molecule is CC.COC(F)(F)F.O=C(O)/C=C/c1ccccc1. The first-order valence-corrected chi connectivity index (χ1v) is 5.43. The maximum Gasteiger partial charge on any atom is 0.522 e. The lowest BCUT2D eigenvalue weighted by Crippen LogP contribution is -2.08. The highest BCUT2D eigenvalue weighted by Gasteiger charge is 2.25. The average Bonchev–Trinajstić information content (AvgIpc) is 2.40. The third kappa shape index (κ3) is 16.2. The second kappa shape index (κ2) is 11.3. The van der Waals surface area contributed by atoms with Crippen LogP contribution in [0.3, 0.4) is 0 Å². The number of hydrogen-bond donors (Lipinski definition) is 1. The van der Waals surface area contributed by atoms with Crippen molar-refractivity contribution in [2.75, 3.05) is 7.11 Å². The average molecular weight is 278 g/mol. The number of hydrogen-bond acceptors (Lipinski definition) is 2. The molecule has 0 saturated heterocycles. The lowest BCUT2D eigenvalue weighted by molar-refractivity contribution is -0.311. The molecule has 1 rings (SSSR count). The van der Waals surface area contributed by atoms with E-state index in [0.717, 1.165) is 11.6 Å². The third-order valence-corrected chi connectivity index (χ3v) is 1.45. The summed E-state index contributed by atoms with van der Waals surface area (Å²) in [6.07, 6.45) is -1.78. The molecule has 0 fully saturated rings. The third-order valence-electron chi connectivity index (χ3n) is 1.45. The topological polar surface area (TPSA) is 46.5 Å². The van der Waals surface area contributed by atoms with Gasteiger partial charge in [-0.25, -0.2) is 4.79 Å². The number of carboxylic acid groups (broad SMARTS) is 1. The van der Waals surface area contributed by atoms with Crippen LogP contribution in [0.1, 0.15) is 19.4 Å². The van der Waals surface area contributed by atoms with Gasteiger partial charge < -0.3 is 5.11 Å². The minimum atomic E-state index is -4.46. The van der Waals surface area contributed by atoms with E-state index < -0.39 is 12.3 Å². The summed E-state index contributed by atoms with van der Waals surface area (Å²) in [5.41, 5.74) is 0.898. The summed E-state index contributed by atoms with van der Waals surface area (Å²) in [7, 11) is 0.583. The summed E-state index contributed by atoms with van der Waals surface area (Å²) in [5.74, 6) is -0.922. The summed E-state index contributed by atoms with van der Waals surface area (Å²) >= 11 is 0. The number of alkyl halides is 3. The molecule has 108 valence electrons. The number of carboxylic acids is 1. The largest absolute Gasteiger partial charge is 0.522 e. The Morgan fingerprint density at radius 2 is 1.63 bits per heavy atom. The van der Waals surface area contributed by atoms with E-state index in [1.165, 1.54) is 0 Å². The van der Waals surface area contributed by atoms with Gasteiger partial charge in [0.05, 0.1) is 0 Å². The van der Waals surface area contributed by atoms with Crippen LogP contribution in [0.15, 0.2) is 36.4 Å². The van der Waals surface area contributed by atoms with Crippen LogP contribution >= 0.6 is 0 Å². The van der Waals surface area contributed by atoms with Crippen LogP contribution in [0.2, 0.25) is 0 Å². The van der Waals surface area contributed by atoms with Gasteiger partial charge in [-0.1, -0.05) is 44.2 Å². The summed E-state index contributed by atoms with van der Waals surface area (Å²) in [6.45, 7) is 4.00. The van der Waals surface area contributed by atoms with Crippen LogP contribution in [0.4, 0.5) is 13.2 Å². The summed E-state index contributed by atoms with van der Waals surface area (Å²) in [6, 6.07) is 9.31. The van der Waals surface area contributed by atoms with Gasteiger partial charge >= 0.3 is 12.3 Å². The van der Waals surface area contributed by atoms with Crippen LogP contribution in [0.25, 0.3) is 6.08 Å². The molecule has 1 aromatic rings. The minimum absolute atomic E-state index is 0.583. The number of aliphatic carboxylic acids is 1. The van der Waals surface area contributed by atoms with Crippen molar-refractivity contribution in [3.05, 3.63) is 42.0 Å². The number of methoxy groups -OCH3 is 1. The molecule has 19 heavy (non-hydrogen) atoms. The Morgan fingerprint density at radius 3 is 1.95 bits per heavy atom. The number of halogens is 3. The Hall–Kier alpha value is -1.82. The fourth-order valence-electron chi connectivity index (χ4n) is 0.732. The molecule has 6 heteroatoms. The van der Waals surface area contributed by atoms with Gasteiger partial charge in [0.15, 0.2) is 0 Å². The van der Waals surface area contributed by atoms with E-state index in [4.69, 9.17) is 5.11 Å². The highest BCUT2D eigenvalue weighted by Crippen LogP contribution is 2.13. The minimum Gasteiger partial charge on any atom is -0.478 e. The van der Waals surface area contributed by atoms with E-state index in [-0.39, 0.29) is 0 Å². The van der Waals surface area contributed by atoms with Crippen LogP contribution in [0, 0.1) is 0 Å². The second-order valence-corrected chi connectivity index (χ2v) is 2.73. The van der Waals surface area contributed by atoms with E-state index in [9.17, 15) is 18.0 Å². The molecule has 0 radical (unpaired) electrons. The molecule has 0 aliphatic rings. The number of rotatable bonds is 2. The van der Waals surface area contributed by atoms with Crippen molar-refractivity contribution >= 4 is 12.0 Å². The summed E-state index contributed by atoms with van der Waals surface area (Å²) < 4.78 is 34.6. The van der Waals surface area contributed by atoms with Gasteiger partial charge in [-0.05, 0) is 11.6 Å². The van der Waals surface area contributed by atoms with Gasteiger partial charge in [-0.2, -0.15) is 0 Å². The van der Waals surface area contributed by atoms with Crippen molar-refractivity contribution < 1.29 is 27.8 Å². The van der Waals surface area contributed by atoms with Crippen LogP contribution < -0.4 is 0 Å². The van der Waals surface area contributed by atoms with Crippen molar-refractivity contribution in [1.82, 2.24) is 0 Å². The standard InChI is InChI=1S/C9H8O2.C2H3F3O.C2H6/c10-9(11)7-6-8-4-2-1-3-5-8;1-6-2(3,4)5;1-2/h1-7H,(H,10,11);1H3;1-2H3/b7-6+;;. The Labute approximate surface area is 110 Å². The lowest BCUT2D eigenvalue weighted by atomic mass is 10.2. The first-order chi connectivity index (χ1) is 8.85. The van der Waals surface area contributed by atoms with E-state index >= 15 is 0 Å². The van der Waals surface area contributed by atoms with E-state index in [1.807, 2.05) is 44.2 Å². The first-order valence-electron chi connectivity index (χ1n) is 5.43. The highest BCUT2D eigenvalue weighted by molar-refractivity contribution is 5.85. The molecule has 3 nitrogen and oxygen atoms in total. The molecular weight excluding hydrogens is 261 g/mol. The fraction of sp³-hybridized carbons (Fsp3) is 0.308. The number of ether oxygens (including phenoxy) is 1. The van der Waals surface area contributed by atoms with Crippen LogP contribution in [-0.2, 0) is 9.53 Å². The van der Waals surface area contributed by atoms with E-state index in [2.05, 4.69) is 4.74 Å². The van der Waals surface area contributed by atoms with Gasteiger partial charge in [0.25, 0.3) is 0 Å². The fourth-order valence-corrected chi connectivity index (χ4v) is 0.732. The van der Waals surface area contributed by atoms with Gasteiger partial charge in [0.2, 0.25) is 0 Å². The molecule has 0 amide bonds. The molecule has 0 atom stereocenters. The Balaban J connectivity index is 0. The molecule has 0 aliphatic carbocycles. The number of carbonyl (C=O) groups is 1. The smallest absolute Gasteiger partial charge is 0.478 e. The molecule has 0 spiro atoms. The Bertz CT molecular complexity index is 359. The van der Waals surface area contributed by atoms with E-state index in [0.29, 0.717) is 7.11 Å². The molecular formula is C13H17F3O3. The van der Waals surface area contributed by atoms with Crippen molar-refractivity contribution in [2.24, 2.45) is 0 Å². The maximum atomic E-state index is 10.6. The molecule has 0 aliphatic heterocycles. The zero-order valence-corrected chi connectivity index (χ0v) is 10.9. The monoisotopic (exact) mass is 278 g/mol. The quantitative estimate of drug-likeness (QED) is 0.833. The maximum absolute atomic E-state index is 10.6. The summed E-state index contributed by atoms with van der Waals surface area (Å²) in [4.78, 5) is 10.1. The van der Waals surface area contributed by atoms with Crippen molar-refractivity contribution in [3.8, 4) is 0 Å². The molecule has 0 aromatic heterocycles. The molecule has 0 heterocycles. The Morgan fingerprint density at radius 1 is 1.21 bits per heavy atom. The first kappa shape index (κ1) is 19.5. The van der Waals surface area contributed by atoms with Crippen molar-refractivity contribution in [3.63, 3.8) is 0 Å². The van der Waals surface area contributed by atoms with Gasteiger partial charge in [0, 0.05) is 13.2 Å². The van der Waals surface area contributed by atoms with E-state index in [1.54, 1.807) is 6.08 Å².